The lowest BCUT2D eigenvalue weighted by molar-refractivity contribution is 1.05. The first kappa shape index (κ1) is 16.3. The largest absolute Gasteiger partial charge is 0.154 e. The van der Waals surface area contributed by atoms with Crippen LogP contribution in [-0.2, 0) is 0 Å². The van der Waals surface area contributed by atoms with Gasteiger partial charge < -0.3 is 0 Å². The molecule has 0 aromatic rings. The maximum absolute atomic E-state index is 2.28. The van der Waals surface area contributed by atoms with Crippen molar-refractivity contribution in [2.75, 3.05) is 11.5 Å². The molecule has 0 saturated heterocycles. The van der Waals surface area contributed by atoms with Crippen molar-refractivity contribution in [3.05, 3.63) is 48.6 Å². The van der Waals surface area contributed by atoms with E-state index in [1.807, 2.05) is 11.8 Å². The van der Waals surface area contributed by atoms with Crippen LogP contribution in [0.25, 0.3) is 0 Å². The minimum Gasteiger partial charge on any atom is -0.154 e. The molecule has 0 bridgehead atoms. The SMILES string of the molecule is CC=CCCC=CCSCC=CCCC=CC. The molecule has 96 valence electrons. The lowest BCUT2D eigenvalue weighted by Crippen LogP contribution is -1.75. The second kappa shape index (κ2) is 15.3. The third kappa shape index (κ3) is 15.3. The lowest BCUT2D eigenvalue weighted by atomic mass is 10.3. The monoisotopic (exact) mass is 250 g/mol. The van der Waals surface area contributed by atoms with Gasteiger partial charge in [-0.1, -0.05) is 48.6 Å². The van der Waals surface area contributed by atoms with Gasteiger partial charge >= 0.3 is 0 Å². The van der Waals surface area contributed by atoms with Crippen LogP contribution in [0.2, 0.25) is 0 Å². The van der Waals surface area contributed by atoms with E-state index >= 15 is 0 Å². The molecule has 0 fully saturated rings. The fourth-order valence-electron chi connectivity index (χ4n) is 1.29. The molecule has 0 aromatic carbocycles. The summed E-state index contributed by atoms with van der Waals surface area (Å²) in [6.45, 7) is 4.14. The number of hydrogen-bond acceptors (Lipinski definition) is 1. The van der Waals surface area contributed by atoms with E-state index in [0.29, 0.717) is 0 Å². The van der Waals surface area contributed by atoms with Gasteiger partial charge in [-0.25, -0.2) is 0 Å². The molecule has 0 aliphatic heterocycles. The highest BCUT2D eigenvalue weighted by molar-refractivity contribution is 7.99. The average molecular weight is 250 g/mol. The summed E-state index contributed by atoms with van der Waals surface area (Å²) in [5.41, 5.74) is 0. The van der Waals surface area contributed by atoms with E-state index in [-0.39, 0.29) is 0 Å². The summed E-state index contributed by atoms with van der Waals surface area (Å²) in [6, 6.07) is 0. The molecular weight excluding hydrogens is 224 g/mol. The number of unbranched alkanes of at least 4 members (excludes halogenated alkanes) is 2. The predicted molar refractivity (Wildman–Crippen MR) is 83.7 cm³/mol. The molecule has 0 aliphatic rings. The van der Waals surface area contributed by atoms with Crippen molar-refractivity contribution in [3.8, 4) is 0 Å². The molecule has 17 heavy (non-hydrogen) atoms. The first-order valence-electron chi connectivity index (χ1n) is 6.51. The summed E-state index contributed by atoms with van der Waals surface area (Å²) < 4.78 is 0. The van der Waals surface area contributed by atoms with Crippen LogP contribution < -0.4 is 0 Å². The Bertz CT molecular complexity index is 220. The van der Waals surface area contributed by atoms with Crippen LogP contribution in [-0.4, -0.2) is 11.5 Å². The second-order valence-corrected chi connectivity index (χ2v) is 4.85. The summed E-state index contributed by atoms with van der Waals surface area (Å²) in [4.78, 5) is 0. The summed E-state index contributed by atoms with van der Waals surface area (Å²) in [5.74, 6) is 2.27. The highest BCUT2D eigenvalue weighted by atomic mass is 32.2. The Kier molecular flexibility index (Phi) is 14.7. The van der Waals surface area contributed by atoms with Gasteiger partial charge in [-0.2, -0.15) is 11.8 Å². The number of rotatable bonds is 10. The van der Waals surface area contributed by atoms with Crippen LogP contribution in [0.4, 0.5) is 0 Å². The summed E-state index contributed by atoms with van der Waals surface area (Å²) in [5, 5.41) is 0. The minimum atomic E-state index is 1.13. The first-order chi connectivity index (χ1) is 8.41. The molecule has 0 aromatic heterocycles. The number of thioether (sulfide) groups is 1. The molecule has 0 amide bonds. The zero-order chi connectivity index (χ0) is 12.6. The van der Waals surface area contributed by atoms with Gasteiger partial charge in [0.1, 0.15) is 0 Å². The summed E-state index contributed by atoms with van der Waals surface area (Å²) >= 11 is 1.97. The predicted octanol–water partition coefficient (Wildman–Crippen LogP) is 5.54. The maximum atomic E-state index is 2.28. The third-order valence-corrected chi connectivity index (χ3v) is 3.09. The Labute approximate surface area is 112 Å². The van der Waals surface area contributed by atoms with Gasteiger partial charge in [0.25, 0.3) is 0 Å². The summed E-state index contributed by atoms with van der Waals surface area (Å²) in [7, 11) is 0. The molecule has 0 spiro atoms. The molecule has 0 saturated carbocycles. The van der Waals surface area contributed by atoms with Crippen LogP contribution in [0.15, 0.2) is 48.6 Å². The van der Waals surface area contributed by atoms with Crippen LogP contribution in [0.5, 0.6) is 0 Å². The molecule has 0 aliphatic carbocycles. The van der Waals surface area contributed by atoms with Gasteiger partial charge in [-0.15, -0.1) is 0 Å². The fourth-order valence-corrected chi connectivity index (χ4v) is 1.97. The van der Waals surface area contributed by atoms with Crippen molar-refractivity contribution in [1.82, 2.24) is 0 Å². The standard InChI is InChI=1S/C16H26S/c1-3-5-7-9-11-13-15-17-16-14-12-10-8-6-4-2/h3-6,11-14H,7-10,15-16H2,1-2H3. The van der Waals surface area contributed by atoms with Crippen LogP contribution in [0.3, 0.4) is 0 Å². The fraction of sp³-hybridized carbons (Fsp3) is 0.500. The molecule has 0 radical (unpaired) electrons. The van der Waals surface area contributed by atoms with Crippen molar-refractivity contribution < 1.29 is 0 Å². The Morgan fingerprint density at radius 1 is 0.588 bits per heavy atom. The first-order valence-corrected chi connectivity index (χ1v) is 7.67. The smallest absolute Gasteiger partial charge is 0.0116 e. The van der Waals surface area contributed by atoms with Gasteiger partial charge in [0, 0.05) is 11.5 Å². The molecule has 1 heteroatoms. The van der Waals surface area contributed by atoms with E-state index < -0.39 is 0 Å². The highest BCUT2D eigenvalue weighted by Crippen LogP contribution is 2.03. The van der Waals surface area contributed by atoms with Crippen molar-refractivity contribution in [2.45, 2.75) is 39.5 Å². The van der Waals surface area contributed by atoms with E-state index in [9.17, 15) is 0 Å². The summed E-state index contributed by atoms with van der Waals surface area (Å²) in [6.07, 6.45) is 22.5. The third-order valence-electron chi connectivity index (χ3n) is 2.23. The molecule has 0 N–H and O–H groups in total. The Hall–Kier alpha value is -0.690. The zero-order valence-electron chi connectivity index (χ0n) is 11.3. The van der Waals surface area contributed by atoms with Gasteiger partial charge in [0.05, 0.1) is 0 Å². The molecule has 0 atom stereocenters. The van der Waals surface area contributed by atoms with Crippen LogP contribution in [0, 0.1) is 0 Å². The molecule has 0 rings (SSSR count). The van der Waals surface area contributed by atoms with E-state index in [2.05, 4.69) is 62.5 Å². The zero-order valence-corrected chi connectivity index (χ0v) is 12.1. The molecule has 0 heterocycles. The van der Waals surface area contributed by atoms with Crippen LogP contribution >= 0.6 is 11.8 Å². The van der Waals surface area contributed by atoms with Crippen molar-refractivity contribution in [3.63, 3.8) is 0 Å². The molecule has 0 unspecified atom stereocenters. The van der Waals surface area contributed by atoms with Gasteiger partial charge in [0.15, 0.2) is 0 Å². The average Bonchev–Trinajstić information content (AvgIpc) is 2.35. The quantitative estimate of drug-likeness (QED) is 0.362. The van der Waals surface area contributed by atoms with Crippen LogP contribution in [0.1, 0.15) is 39.5 Å². The van der Waals surface area contributed by atoms with Gasteiger partial charge in [-0.05, 0) is 39.5 Å². The minimum absolute atomic E-state index is 1.13. The van der Waals surface area contributed by atoms with E-state index in [0.717, 1.165) is 11.5 Å². The van der Waals surface area contributed by atoms with Gasteiger partial charge in [-0.3, -0.25) is 0 Å². The Balaban J connectivity index is 3.22. The van der Waals surface area contributed by atoms with E-state index in [4.69, 9.17) is 0 Å². The number of hydrogen-bond donors (Lipinski definition) is 0. The molecule has 0 nitrogen and oxygen atoms in total. The molecular formula is C16H26S. The Morgan fingerprint density at radius 3 is 1.41 bits per heavy atom. The van der Waals surface area contributed by atoms with Gasteiger partial charge in [0.2, 0.25) is 0 Å². The Morgan fingerprint density at radius 2 is 1.00 bits per heavy atom. The van der Waals surface area contributed by atoms with E-state index in [1.54, 1.807) is 0 Å². The maximum Gasteiger partial charge on any atom is 0.0116 e. The normalized spacial score (nSPS) is 12.8. The van der Waals surface area contributed by atoms with Crippen molar-refractivity contribution >= 4 is 11.8 Å². The topological polar surface area (TPSA) is 0 Å². The highest BCUT2D eigenvalue weighted by Gasteiger charge is 1.81. The van der Waals surface area contributed by atoms with Crippen molar-refractivity contribution in [2.24, 2.45) is 0 Å². The number of allylic oxidation sites excluding steroid dienone is 6. The van der Waals surface area contributed by atoms with Crippen molar-refractivity contribution in [1.29, 1.82) is 0 Å². The second-order valence-electron chi connectivity index (χ2n) is 3.77. The lowest BCUT2D eigenvalue weighted by Gasteiger charge is -1.91. The van der Waals surface area contributed by atoms with E-state index in [1.165, 1.54) is 25.7 Å².